The maximum absolute atomic E-state index is 13.1. The average molecular weight is 431 g/mol. The summed E-state index contributed by atoms with van der Waals surface area (Å²) in [5.74, 6) is 0.929. The Hall–Kier alpha value is -3.52. The molecule has 0 radical (unpaired) electrons. The molecule has 0 aliphatic carbocycles. The highest BCUT2D eigenvalue weighted by atomic mass is 16.3. The van der Waals surface area contributed by atoms with Crippen molar-refractivity contribution in [1.29, 1.82) is 0 Å². The number of amides is 2. The summed E-state index contributed by atoms with van der Waals surface area (Å²) in [5.41, 5.74) is 2.23. The van der Waals surface area contributed by atoms with Crippen LogP contribution < -0.4 is 4.90 Å². The Morgan fingerprint density at radius 2 is 1.94 bits per heavy atom. The summed E-state index contributed by atoms with van der Waals surface area (Å²) in [4.78, 5) is 33.0. The van der Waals surface area contributed by atoms with Crippen molar-refractivity contribution in [1.82, 2.24) is 20.1 Å². The summed E-state index contributed by atoms with van der Waals surface area (Å²) >= 11 is 0. The molecule has 2 aliphatic heterocycles. The van der Waals surface area contributed by atoms with Crippen LogP contribution in [-0.4, -0.2) is 50.1 Å². The maximum atomic E-state index is 13.1. The van der Waals surface area contributed by atoms with Crippen LogP contribution in [0.2, 0.25) is 0 Å². The number of carbonyl (C=O) groups is 2. The second-order valence-electron chi connectivity index (χ2n) is 8.25. The molecule has 32 heavy (non-hydrogen) atoms. The van der Waals surface area contributed by atoms with E-state index < -0.39 is 6.10 Å². The predicted octanol–water partition coefficient (Wildman–Crippen LogP) is 3.00. The quantitative estimate of drug-likeness (QED) is 0.605. The summed E-state index contributed by atoms with van der Waals surface area (Å²) in [6.45, 7) is 1.29. The summed E-state index contributed by atoms with van der Waals surface area (Å²) in [6.07, 6.45) is 1.99. The number of nitrogens with one attached hydrogen (secondary N) is 1. The molecular weight excluding hydrogens is 406 g/mol. The number of rotatable bonds is 5. The molecule has 2 amide bonds. The van der Waals surface area contributed by atoms with Gasteiger partial charge in [0.25, 0.3) is 5.91 Å². The molecule has 2 fully saturated rings. The predicted molar refractivity (Wildman–Crippen MR) is 118 cm³/mol. The van der Waals surface area contributed by atoms with Crippen LogP contribution in [0.5, 0.6) is 0 Å². The lowest BCUT2D eigenvalue weighted by Gasteiger charge is -2.35. The SMILES string of the molecule is O=C1CCN1c1cccc(-c2n[nH]c(C3CCCCN3C(=O)C(O)c3ccccc3)n2)c1. The number of carbonyl (C=O) groups excluding carboxylic acids is 2. The Morgan fingerprint density at radius 3 is 2.69 bits per heavy atom. The molecular formula is C24H25N5O3. The third-order valence-corrected chi connectivity index (χ3v) is 6.22. The maximum Gasteiger partial charge on any atom is 0.256 e. The monoisotopic (exact) mass is 431 g/mol. The van der Waals surface area contributed by atoms with Crippen molar-refractivity contribution in [2.24, 2.45) is 0 Å². The van der Waals surface area contributed by atoms with Gasteiger partial charge in [0.05, 0.1) is 6.04 Å². The number of β-lactam (4-membered cyclic amide) rings is 1. The van der Waals surface area contributed by atoms with E-state index in [-0.39, 0.29) is 17.9 Å². The van der Waals surface area contributed by atoms with Gasteiger partial charge in [0.15, 0.2) is 11.9 Å². The molecule has 2 atom stereocenters. The lowest BCUT2D eigenvalue weighted by atomic mass is 9.99. The van der Waals surface area contributed by atoms with Gasteiger partial charge in [0.1, 0.15) is 5.82 Å². The van der Waals surface area contributed by atoms with E-state index in [1.54, 1.807) is 21.9 Å². The second-order valence-corrected chi connectivity index (χ2v) is 8.25. The van der Waals surface area contributed by atoms with Crippen LogP contribution in [0.4, 0.5) is 5.69 Å². The van der Waals surface area contributed by atoms with E-state index in [0.29, 0.717) is 30.2 Å². The minimum atomic E-state index is -1.20. The first kappa shape index (κ1) is 20.4. The fourth-order valence-electron chi connectivity index (χ4n) is 4.37. The number of hydrogen-bond acceptors (Lipinski definition) is 5. The van der Waals surface area contributed by atoms with Crippen molar-refractivity contribution in [2.75, 3.05) is 18.0 Å². The molecule has 2 unspecified atom stereocenters. The molecule has 8 heteroatoms. The zero-order chi connectivity index (χ0) is 22.1. The summed E-state index contributed by atoms with van der Waals surface area (Å²) in [7, 11) is 0. The minimum absolute atomic E-state index is 0.117. The molecule has 1 aromatic heterocycles. The van der Waals surface area contributed by atoms with Crippen LogP contribution in [0.1, 0.15) is 49.2 Å². The first-order chi connectivity index (χ1) is 15.6. The number of aliphatic hydroxyl groups is 1. The molecule has 8 nitrogen and oxygen atoms in total. The third kappa shape index (κ3) is 3.78. The fraction of sp³-hybridized carbons (Fsp3) is 0.333. The van der Waals surface area contributed by atoms with Gasteiger partial charge < -0.3 is 14.9 Å². The molecule has 3 aromatic rings. The highest BCUT2D eigenvalue weighted by molar-refractivity contribution is 5.99. The number of likely N-dealkylation sites (tertiary alicyclic amines) is 1. The minimum Gasteiger partial charge on any atom is -0.378 e. The Morgan fingerprint density at radius 1 is 1.09 bits per heavy atom. The number of benzene rings is 2. The van der Waals surface area contributed by atoms with Crippen LogP contribution in [0.3, 0.4) is 0 Å². The van der Waals surface area contributed by atoms with Crippen molar-refractivity contribution in [2.45, 2.75) is 37.8 Å². The van der Waals surface area contributed by atoms with Crippen molar-refractivity contribution in [3.8, 4) is 11.4 Å². The number of aromatic nitrogens is 3. The van der Waals surface area contributed by atoms with Gasteiger partial charge in [-0.05, 0) is 37.0 Å². The zero-order valence-electron chi connectivity index (χ0n) is 17.6. The Labute approximate surface area is 185 Å². The number of H-pyrrole nitrogens is 1. The Balaban J connectivity index is 1.38. The second kappa shape index (κ2) is 8.55. The van der Waals surface area contributed by atoms with Crippen molar-refractivity contribution in [3.63, 3.8) is 0 Å². The number of anilines is 1. The van der Waals surface area contributed by atoms with Gasteiger partial charge in [-0.3, -0.25) is 14.7 Å². The molecule has 2 aromatic carbocycles. The first-order valence-corrected chi connectivity index (χ1v) is 11.0. The molecule has 2 saturated heterocycles. The summed E-state index contributed by atoms with van der Waals surface area (Å²) < 4.78 is 0. The van der Waals surface area contributed by atoms with E-state index in [0.717, 1.165) is 37.1 Å². The van der Waals surface area contributed by atoms with E-state index >= 15 is 0 Å². The van der Waals surface area contributed by atoms with Gasteiger partial charge in [-0.2, -0.15) is 5.10 Å². The summed E-state index contributed by atoms with van der Waals surface area (Å²) in [6, 6.07) is 16.3. The molecule has 0 spiro atoms. The molecule has 5 rings (SSSR count). The normalized spacial score (nSPS) is 19.5. The molecule has 0 saturated carbocycles. The van der Waals surface area contributed by atoms with Crippen LogP contribution >= 0.6 is 0 Å². The highest BCUT2D eigenvalue weighted by Crippen LogP contribution is 2.33. The van der Waals surface area contributed by atoms with Gasteiger partial charge in [0.2, 0.25) is 5.91 Å². The van der Waals surface area contributed by atoms with Gasteiger partial charge in [0, 0.05) is 30.8 Å². The number of aromatic amines is 1. The van der Waals surface area contributed by atoms with Gasteiger partial charge in [-0.1, -0.05) is 42.5 Å². The van der Waals surface area contributed by atoms with Crippen LogP contribution in [-0.2, 0) is 9.59 Å². The van der Waals surface area contributed by atoms with E-state index in [9.17, 15) is 14.7 Å². The van der Waals surface area contributed by atoms with Crippen molar-refractivity contribution >= 4 is 17.5 Å². The van der Waals surface area contributed by atoms with Crippen LogP contribution in [0.25, 0.3) is 11.4 Å². The van der Waals surface area contributed by atoms with Crippen molar-refractivity contribution in [3.05, 3.63) is 66.0 Å². The number of aliphatic hydroxyl groups excluding tert-OH is 1. The van der Waals surface area contributed by atoms with Crippen LogP contribution in [0, 0.1) is 0 Å². The van der Waals surface area contributed by atoms with Gasteiger partial charge in [-0.25, -0.2) is 4.98 Å². The molecule has 0 bridgehead atoms. The van der Waals surface area contributed by atoms with Gasteiger partial charge in [-0.15, -0.1) is 0 Å². The number of piperidine rings is 1. The third-order valence-electron chi connectivity index (χ3n) is 6.22. The average Bonchev–Trinajstić information content (AvgIpc) is 3.33. The number of hydrogen-bond donors (Lipinski definition) is 2. The topological polar surface area (TPSA) is 102 Å². The first-order valence-electron chi connectivity index (χ1n) is 11.0. The number of nitrogens with zero attached hydrogens (tertiary/aromatic N) is 4. The fourth-order valence-corrected chi connectivity index (χ4v) is 4.37. The molecule has 164 valence electrons. The van der Waals surface area contributed by atoms with E-state index in [1.807, 2.05) is 42.5 Å². The van der Waals surface area contributed by atoms with E-state index in [2.05, 4.69) is 15.2 Å². The Kier molecular flexibility index (Phi) is 5.45. The van der Waals surface area contributed by atoms with Gasteiger partial charge >= 0.3 is 0 Å². The largest absolute Gasteiger partial charge is 0.378 e. The standard InChI is InChI=1S/C24H25N5O3/c30-20-12-14-28(20)18-10-6-9-17(15-18)22-25-23(27-26-22)19-11-4-5-13-29(19)24(32)21(31)16-7-2-1-3-8-16/h1-3,6-10,15,19,21,31H,4-5,11-14H2,(H,25,26,27). The lowest BCUT2D eigenvalue weighted by Crippen LogP contribution is -2.43. The van der Waals surface area contributed by atoms with Crippen molar-refractivity contribution < 1.29 is 14.7 Å². The summed E-state index contributed by atoms with van der Waals surface area (Å²) in [5, 5.41) is 18.0. The smallest absolute Gasteiger partial charge is 0.256 e. The van der Waals surface area contributed by atoms with E-state index in [4.69, 9.17) is 0 Å². The molecule has 3 heterocycles. The molecule has 2 N–H and O–H groups in total. The lowest BCUT2D eigenvalue weighted by molar-refractivity contribution is -0.144. The van der Waals surface area contributed by atoms with E-state index in [1.165, 1.54) is 0 Å². The zero-order valence-corrected chi connectivity index (χ0v) is 17.6. The highest BCUT2D eigenvalue weighted by Gasteiger charge is 2.34. The van der Waals surface area contributed by atoms with Crippen LogP contribution in [0.15, 0.2) is 54.6 Å². The Bertz CT molecular complexity index is 1130. The molecule has 2 aliphatic rings.